The first-order valence-corrected chi connectivity index (χ1v) is 10.1. The first-order valence-electron chi connectivity index (χ1n) is 9.73. The van der Waals surface area contributed by atoms with Gasteiger partial charge in [-0.15, -0.1) is 0 Å². The van der Waals surface area contributed by atoms with E-state index in [1.165, 1.54) is 29.7 Å². The summed E-state index contributed by atoms with van der Waals surface area (Å²) >= 11 is 6.32. The van der Waals surface area contributed by atoms with Gasteiger partial charge in [0.1, 0.15) is 11.5 Å². The highest BCUT2D eigenvalue weighted by Crippen LogP contribution is 2.28. The molecule has 150 valence electrons. The van der Waals surface area contributed by atoms with Crippen LogP contribution in [-0.4, -0.2) is 46.8 Å². The summed E-state index contributed by atoms with van der Waals surface area (Å²) in [5.41, 5.74) is 2.31. The molecule has 0 aliphatic carbocycles. The number of hydrogen-bond donors (Lipinski definition) is 1. The fourth-order valence-electron chi connectivity index (χ4n) is 3.55. The van der Waals surface area contributed by atoms with Gasteiger partial charge < -0.3 is 10.2 Å². The molecule has 1 amide bonds. The van der Waals surface area contributed by atoms with Gasteiger partial charge in [0.05, 0.1) is 16.4 Å². The van der Waals surface area contributed by atoms with Crippen LogP contribution in [0.3, 0.4) is 0 Å². The number of amides is 1. The molecule has 2 aromatic carbocycles. The Hall–Kier alpha value is -2.70. The van der Waals surface area contributed by atoms with Crippen LogP contribution in [0.15, 0.2) is 54.6 Å². The van der Waals surface area contributed by atoms with Gasteiger partial charge >= 0.3 is 0 Å². The van der Waals surface area contributed by atoms with Crippen LogP contribution in [0.2, 0.25) is 5.02 Å². The van der Waals surface area contributed by atoms with Crippen molar-refractivity contribution < 1.29 is 9.18 Å². The summed E-state index contributed by atoms with van der Waals surface area (Å²) in [7, 11) is 0. The van der Waals surface area contributed by atoms with E-state index >= 15 is 0 Å². The average molecular weight is 413 g/mol. The Morgan fingerprint density at radius 2 is 1.83 bits per heavy atom. The zero-order chi connectivity index (χ0) is 20.2. The highest BCUT2D eigenvalue weighted by Gasteiger charge is 2.19. The van der Waals surface area contributed by atoms with Crippen LogP contribution in [0.4, 0.5) is 4.39 Å². The molecule has 1 N–H and O–H groups in total. The summed E-state index contributed by atoms with van der Waals surface area (Å²) < 4.78 is 14.9. The van der Waals surface area contributed by atoms with Gasteiger partial charge in [0.15, 0.2) is 0 Å². The lowest BCUT2D eigenvalue weighted by Crippen LogP contribution is -2.34. The summed E-state index contributed by atoms with van der Waals surface area (Å²) in [6.45, 7) is 3.56. The highest BCUT2D eigenvalue weighted by atomic mass is 35.5. The lowest BCUT2D eigenvalue weighted by molar-refractivity contribution is 0.0942. The van der Waals surface area contributed by atoms with E-state index in [0.717, 1.165) is 25.2 Å². The highest BCUT2D eigenvalue weighted by molar-refractivity contribution is 6.33. The van der Waals surface area contributed by atoms with E-state index in [4.69, 9.17) is 11.6 Å². The van der Waals surface area contributed by atoms with Crippen LogP contribution in [0.25, 0.3) is 16.9 Å². The van der Waals surface area contributed by atoms with Gasteiger partial charge in [-0.25, -0.2) is 9.07 Å². The summed E-state index contributed by atoms with van der Waals surface area (Å²) in [6.07, 6.45) is 2.43. The zero-order valence-electron chi connectivity index (χ0n) is 15.9. The molecule has 7 heteroatoms. The fraction of sp³-hybridized carbons (Fsp3) is 0.273. The molecule has 0 radical (unpaired) electrons. The average Bonchev–Trinajstić information content (AvgIpc) is 3.39. The Bertz CT molecular complexity index is 996. The number of carbonyl (C=O) groups is 1. The molecule has 1 fully saturated rings. The predicted molar refractivity (Wildman–Crippen MR) is 112 cm³/mol. The zero-order valence-corrected chi connectivity index (χ0v) is 16.7. The molecule has 0 spiro atoms. The maximum atomic E-state index is 13.4. The van der Waals surface area contributed by atoms with E-state index in [1.54, 1.807) is 24.3 Å². The SMILES string of the molecule is O=C(NCCN1CCCC1)c1cc(-c2ccccc2Cl)nn1-c1ccc(F)cc1. The molecular weight excluding hydrogens is 391 g/mol. The van der Waals surface area contributed by atoms with Crippen LogP contribution < -0.4 is 5.32 Å². The van der Waals surface area contributed by atoms with E-state index in [2.05, 4.69) is 15.3 Å². The normalized spacial score (nSPS) is 14.3. The van der Waals surface area contributed by atoms with E-state index < -0.39 is 0 Å². The van der Waals surface area contributed by atoms with E-state index in [9.17, 15) is 9.18 Å². The van der Waals surface area contributed by atoms with Crippen molar-refractivity contribution in [2.75, 3.05) is 26.2 Å². The van der Waals surface area contributed by atoms with Gasteiger partial charge in [0.2, 0.25) is 0 Å². The molecule has 4 rings (SSSR count). The molecular formula is C22H22ClFN4O. The van der Waals surface area contributed by atoms with Crippen molar-refractivity contribution >= 4 is 17.5 Å². The molecule has 0 bridgehead atoms. The van der Waals surface area contributed by atoms with Crippen LogP contribution in [0.5, 0.6) is 0 Å². The third kappa shape index (κ3) is 4.49. The molecule has 5 nitrogen and oxygen atoms in total. The molecule has 1 aliphatic heterocycles. The lowest BCUT2D eigenvalue weighted by atomic mass is 10.1. The van der Waals surface area contributed by atoms with Crippen molar-refractivity contribution in [2.45, 2.75) is 12.8 Å². The maximum absolute atomic E-state index is 13.4. The van der Waals surface area contributed by atoms with E-state index in [1.807, 2.05) is 18.2 Å². The fourth-order valence-corrected chi connectivity index (χ4v) is 3.78. The lowest BCUT2D eigenvalue weighted by Gasteiger charge is -2.15. The van der Waals surface area contributed by atoms with Crippen molar-refractivity contribution in [2.24, 2.45) is 0 Å². The summed E-state index contributed by atoms with van der Waals surface area (Å²) in [6, 6.07) is 15.0. The second-order valence-electron chi connectivity index (χ2n) is 7.09. The molecule has 1 saturated heterocycles. The van der Waals surface area contributed by atoms with Gasteiger partial charge in [-0.3, -0.25) is 4.79 Å². The minimum absolute atomic E-state index is 0.223. The Morgan fingerprint density at radius 1 is 1.10 bits per heavy atom. The number of carbonyl (C=O) groups excluding carboxylic acids is 1. The third-order valence-electron chi connectivity index (χ3n) is 5.08. The van der Waals surface area contributed by atoms with Crippen LogP contribution >= 0.6 is 11.6 Å². The monoisotopic (exact) mass is 412 g/mol. The smallest absolute Gasteiger partial charge is 0.270 e. The van der Waals surface area contributed by atoms with Crippen LogP contribution in [0.1, 0.15) is 23.3 Å². The standard InChI is InChI=1S/C22H22ClFN4O/c23-19-6-2-1-5-18(19)20-15-21(22(29)25-11-14-27-12-3-4-13-27)28(26-20)17-9-7-16(24)8-10-17/h1-2,5-10,15H,3-4,11-14H2,(H,25,29). The van der Waals surface area contributed by atoms with Gasteiger partial charge in [-0.1, -0.05) is 29.8 Å². The van der Waals surface area contributed by atoms with Crippen molar-refractivity contribution in [3.8, 4) is 16.9 Å². The minimum atomic E-state index is -0.344. The number of nitrogens with one attached hydrogen (secondary N) is 1. The van der Waals surface area contributed by atoms with Crippen molar-refractivity contribution in [1.29, 1.82) is 0 Å². The first-order chi connectivity index (χ1) is 14.1. The first kappa shape index (κ1) is 19.6. The van der Waals surface area contributed by atoms with Gasteiger partial charge in [0.25, 0.3) is 5.91 Å². The molecule has 2 heterocycles. The summed E-state index contributed by atoms with van der Waals surface area (Å²) in [4.78, 5) is 15.3. The number of benzene rings is 2. The minimum Gasteiger partial charge on any atom is -0.349 e. The molecule has 1 aromatic heterocycles. The van der Waals surface area contributed by atoms with E-state index in [-0.39, 0.29) is 11.7 Å². The van der Waals surface area contributed by atoms with Gasteiger partial charge in [0, 0.05) is 18.7 Å². The number of nitrogens with zero attached hydrogens (tertiary/aromatic N) is 3. The summed E-state index contributed by atoms with van der Waals surface area (Å²) in [5, 5.41) is 8.12. The van der Waals surface area contributed by atoms with Crippen LogP contribution in [0, 0.1) is 5.82 Å². The van der Waals surface area contributed by atoms with Crippen molar-refractivity contribution in [3.05, 3.63) is 71.1 Å². The summed E-state index contributed by atoms with van der Waals surface area (Å²) in [5.74, 6) is -0.567. The quantitative estimate of drug-likeness (QED) is 0.661. The van der Waals surface area contributed by atoms with Crippen LogP contribution in [-0.2, 0) is 0 Å². The molecule has 0 unspecified atom stereocenters. The number of likely N-dealkylation sites (tertiary alicyclic amines) is 1. The topological polar surface area (TPSA) is 50.2 Å². The Balaban J connectivity index is 1.62. The predicted octanol–water partition coefficient (Wildman–Crippen LogP) is 4.16. The maximum Gasteiger partial charge on any atom is 0.270 e. The second-order valence-corrected chi connectivity index (χ2v) is 7.49. The largest absolute Gasteiger partial charge is 0.349 e. The number of hydrogen-bond acceptors (Lipinski definition) is 3. The Labute approximate surface area is 174 Å². The van der Waals surface area contributed by atoms with Gasteiger partial charge in [-0.05, 0) is 62.3 Å². The molecule has 3 aromatic rings. The number of rotatable bonds is 6. The van der Waals surface area contributed by atoms with Gasteiger partial charge in [-0.2, -0.15) is 5.10 Å². The molecule has 0 atom stereocenters. The molecule has 1 aliphatic rings. The van der Waals surface area contributed by atoms with Crippen molar-refractivity contribution in [1.82, 2.24) is 20.0 Å². The molecule has 29 heavy (non-hydrogen) atoms. The van der Waals surface area contributed by atoms with E-state index in [0.29, 0.717) is 28.6 Å². The number of aromatic nitrogens is 2. The number of halogens is 2. The second kappa shape index (κ2) is 8.76. The Morgan fingerprint density at radius 3 is 2.55 bits per heavy atom. The Kier molecular flexibility index (Phi) is 5.92. The van der Waals surface area contributed by atoms with Crippen molar-refractivity contribution in [3.63, 3.8) is 0 Å². The third-order valence-corrected chi connectivity index (χ3v) is 5.40. The molecule has 0 saturated carbocycles.